The second-order valence-corrected chi connectivity index (χ2v) is 11.0. The van der Waals surface area contributed by atoms with Crippen molar-refractivity contribution < 1.29 is 18.7 Å². The molecule has 3 rings (SSSR count). The number of likely N-dealkylation sites (tertiary alicyclic amines) is 1. The van der Waals surface area contributed by atoms with Crippen molar-refractivity contribution in [2.45, 2.75) is 40.5 Å². The minimum absolute atomic E-state index is 0.0194. The van der Waals surface area contributed by atoms with Crippen LogP contribution in [0.15, 0.2) is 35.1 Å². The number of halogens is 3. The van der Waals surface area contributed by atoms with Crippen LogP contribution in [0.25, 0.3) is 0 Å². The van der Waals surface area contributed by atoms with Gasteiger partial charge >= 0.3 is 0 Å². The van der Waals surface area contributed by atoms with E-state index in [0.717, 1.165) is 32.3 Å². The molecule has 38 heavy (non-hydrogen) atoms. The number of hydrogen-bond donors (Lipinski definition) is 1. The molecule has 1 N–H and O–H groups in total. The first-order valence-electron chi connectivity index (χ1n) is 12.6. The molecule has 1 unspecified atom stereocenters. The maximum absolute atomic E-state index is 14.7. The highest BCUT2D eigenvalue weighted by Gasteiger charge is 2.30. The van der Waals surface area contributed by atoms with Gasteiger partial charge in [0, 0.05) is 29.3 Å². The van der Waals surface area contributed by atoms with Crippen LogP contribution in [0, 0.1) is 37.4 Å². The Labute approximate surface area is 237 Å². The molecule has 0 spiro atoms. The molecular formula is C28H35BrClFN4O3. The van der Waals surface area contributed by atoms with Crippen molar-refractivity contribution >= 4 is 45.4 Å². The lowest BCUT2D eigenvalue weighted by Gasteiger charge is -2.22. The first kappa shape index (κ1) is 29.9. The molecule has 0 bridgehead atoms. The summed E-state index contributed by atoms with van der Waals surface area (Å²) in [6, 6.07) is 6.85. The van der Waals surface area contributed by atoms with Crippen LogP contribution in [0.5, 0.6) is 11.5 Å². The van der Waals surface area contributed by atoms with E-state index in [1.807, 2.05) is 24.8 Å². The number of hydrogen-bond acceptors (Lipinski definition) is 6. The third kappa shape index (κ3) is 7.69. The number of carbonyl (C=O) groups is 1. The molecule has 7 nitrogen and oxygen atoms in total. The molecular weight excluding hydrogens is 575 g/mol. The fourth-order valence-corrected chi connectivity index (χ4v) is 4.99. The molecule has 206 valence electrons. The molecule has 1 saturated heterocycles. The molecule has 1 aliphatic rings. The van der Waals surface area contributed by atoms with E-state index >= 15 is 0 Å². The molecule has 2 heterocycles. The lowest BCUT2D eigenvalue weighted by Crippen LogP contribution is -2.21. The number of nitrogens with one attached hydrogen (secondary N) is 1. The third-order valence-corrected chi connectivity index (χ3v) is 8.15. The number of amides is 1. The van der Waals surface area contributed by atoms with E-state index in [0.29, 0.717) is 57.4 Å². The fourth-order valence-electron chi connectivity index (χ4n) is 4.52. The Balaban J connectivity index is 1.90. The average molecular weight is 610 g/mol. The first-order chi connectivity index (χ1) is 18.2. The predicted molar refractivity (Wildman–Crippen MR) is 152 cm³/mol. The lowest BCUT2D eigenvalue weighted by molar-refractivity contribution is -0.117. The molecule has 2 aromatic rings. The van der Waals surface area contributed by atoms with E-state index in [-0.39, 0.29) is 10.7 Å². The van der Waals surface area contributed by atoms with Crippen LogP contribution in [-0.2, 0) is 4.79 Å². The van der Waals surface area contributed by atoms with Crippen molar-refractivity contribution in [3.63, 3.8) is 0 Å². The Morgan fingerprint density at radius 3 is 2.68 bits per heavy atom. The molecule has 1 aliphatic heterocycles. The number of nitrogens with zero attached hydrogens (tertiary/aromatic N) is 3. The Morgan fingerprint density at radius 1 is 1.26 bits per heavy atom. The fraction of sp³-hybridized carbons (Fsp3) is 0.464. The van der Waals surface area contributed by atoms with Gasteiger partial charge in [0.15, 0.2) is 17.3 Å². The third-order valence-electron chi connectivity index (χ3n) is 6.89. The Hall–Kier alpha value is -2.65. The van der Waals surface area contributed by atoms with Crippen LogP contribution in [0.2, 0.25) is 5.02 Å². The number of rotatable bonds is 10. The zero-order valence-electron chi connectivity index (χ0n) is 22.4. The van der Waals surface area contributed by atoms with Crippen molar-refractivity contribution in [1.82, 2.24) is 14.9 Å². The van der Waals surface area contributed by atoms with Crippen molar-refractivity contribution in [2.75, 3.05) is 32.1 Å². The quantitative estimate of drug-likeness (QED) is 0.230. The maximum atomic E-state index is 14.7. The predicted octanol–water partition coefficient (Wildman–Crippen LogP) is 7.04. The number of benzene rings is 1. The van der Waals surface area contributed by atoms with Gasteiger partial charge in [0.05, 0.1) is 24.4 Å². The van der Waals surface area contributed by atoms with Crippen LogP contribution in [0.1, 0.15) is 37.9 Å². The van der Waals surface area contributed by atoms with Crippen molar-refractivity contribution in [2.24, 2.45) is 17.8 Å². The molecule has 3 atom stereocenters. The number of methoxy groups -OCH3 is 1. The molecule has 1 aromatic heterocycles. The van der Waals surface area contributed by atoms with Crippen molar-refractivity contribution in [3.05, 3.63) is 57.2 Å². The molecule has 1 fully saturated rings. The molecule has 1 aromatic carbocycles. The van der Waals surface area contributed by atoms with Crippen LogP contribution >= 0.6 is 27.5 Å². The molecule has 0 aliphatic carbocycles. The van der Waals surface area contributed by atoms with E-state index in [9.17, 15) is 9.18 Å². The number of anilines is 2. The van der Waals surface area contributed by atoms with Gasteiger partial charge in [-0.3, -0.25) is 4.79 Å². The zero-order chi connectivity index (χ0) is 27.8. The first-order valence-corrected chi connectivity index (χ1v) is 13.8. The smallest absolute Gasteiger partial charge is 0.209 e. The maximum Gasteiger partial charge on any atom is 0.209 e. The van der Waals surface area contributed by atoms with Crippen LogP contribution in [-0.4, -0.2) is 48.1 Å². The summed E-state index contributed by atoms with van der Waals surface area (Å²) in [6.07, 6.45) is 4.29. The van der Waals surface area contributed by atoms with Gasteiger partial charge in [0.2, 0.25) is 6.41 Å². The van der Waals surface area contributed by atoms with Gasteiger partial charge in [-0.2, -0.15) is 0 Å². The monoisotopic (exact) mass is 608 g/mol. The topological polar surface area (TPSA) is 76.6 Å². The minimum atomic E-state index is -0.591. The second-order valence-electron chi connectivity index (χ2n) is 9.73. The summed E-state index contributed by atoms with van der Waals surface area (Å²) in [7, 11) is 1.57. The van der Waals surface area contributed by atoms with E-state index in [2.05, 4.69) is 45.1 Å². The van der Waals surface area contributed by atoms with E-state index in [1.165, 1.54) is 6.33 Å². The summed E-state index contributed by atoms with van der Waals surface area (Å²) in [5.74, 6) is 2.08. The van der Waals surface area contributed by atoms with Gasteiger partial charge in [-0.1, -0.05) is 31.9 Å². The minimum Gasteiger partial charge on any atom is -0.493 e. The van der Waals surface area contributed by atoms with Gasteiger partial charge < -0.3 is 19.7 Å². The zero-order valence-corrected chi connectivity index (χ0v) is 24.8. The Morgan fingerprint density at radius 2 is 2.03 bits per heavy atom. The van der Waals surface area contributed by atoms with Gasteiger partial charge in [-0.25, -0.2) is 14.4 Å². The van der Waals surface area contributed by atoms with Crippen LogP contribution in [0.4, 0.5) is 15.9 Å². The second kappa shape index (κ2) is 13.9. The lowest BCUT2D eigenvalue weighted by atomic mass is 9.87. The summed E-state index contributed by atoms with van der Waals surface area (Å²) < 4.78 is 27.2. The molecule has 0 saturated carbocycles. The summed E-state index contributed by atoms with van der Waals surface area (Å²) >= 11 is 9.29. The average Bonchev–Trinajstić information content (AvgIpc) is 3.26. The highest BCUT2D eigenvalue weighted by Crippen LogP contribution is 2.34. The Bertz CT molecular complexity index is 1200. The highest BCUT2D eigenvalue weighted by atomic mass is 79.9. The van der Waals surface area contributed by atoms with E-state index in [4.69, 9.17) is 21.1 Å². The van der Waals surface area contributed by atoms with Crippen LogP contribution in [0.3, 0.4) is 0 Å². The standard InChI is InChI=1S/C28H35BrClFN4O3/c1-6-20(11-21-13-35(16-36)12-18(21)3)14-38-25-10-19(4)32-15-33-28(17(2)9-24(25)37-5)34-23-8-7-22(29)26(30)27(23)31/h7-10,15-16,18,20-21H,6,11-14H2,1-5H3,(H,32,33,34)/t18-,20?,21+/m1/s1. The SMILES string of the molecule is CCC(COc1cc(C)ncnc(Nc2ccc(Br)c(Cl)c2F)c(C)cc1OC)C[C@H]1CN(C=O)C[C@H]1C. The van der Waals surface area contributed by atoms with Gasteiger partial charge in [0.25, 0.3) is 0 Å². The molecule has 0 radical (unpaired) electrons. The number of carbonyl (C=O) groups excluding carboxylic acids is 1. The summed E-state index contributed by atoms with van der Waals surface area (Å²) in [5, 5.41) is 2.99. The molecule has 10 heteroatoms. The summed E-state index contributed by atoms with van der Waals surface area (Å²) in [4.78, 5) is 21.9. The van der Waals surface area contributed by atoms with Crippen molar-refractivity contribution in [1.29, 1.82) is 0 Å². The van der Waals surface area contributed by atoms with E-state index in [1.54, 1.807) is 25.3 Å². The summed E-state index contributed by atoms with van der Waals surface area (Å²) in [6.45, 7) is 10.1. The number of aryl methyl sites for hydroxylation is 2. The molecule has 1 amide bonds. The largest absolute Gasteiger partial charge is 0.493 e. The normalized spacial score (nSPS) is 17.5. The number of ether oxygens (including phenoxy) is 2. The van der Waals surface area contributed by atoms with Gasteiger partial charge in [-0.05, 0) is 77.7 Å². The van der Waals surface area contributed by atoms with E-state index < -0.39 is 5.82 Å². The summed E-state index contributed by atoms with van der Waals surface area (Å²) in [5.41, 5.74) is 1.53. The number of aromatic nitrogens is 2. The highest BCUT2D eigenvalue weighted by molar-refractivity contribution is 9.10. The van der Waals surface area contributed by atoms with Crippen molar-refractivity contribution in [3.8, 4) is 11.5 Å². The van der Waals surface area contributed by atoms with Gasteiger partial charge in [0.1, 0.15) is 12.1 Å². The van der Waals surface area contributed by atoms with Crippen LogP contribution < -0.4 is 14.8 Å². The van der Waals surface area contributed by atoms with Gasteiger partial charge in [-0.15, -0.1) is 0 Å². The Kier molecular flexibility index (Phi) is 11.0.